The molecule has 1 atom stereocenters. The van der Waals surface area contributed by atoms with Gasteiger partial charge in [0.15, 0.2) is 0 Å². The highest BCUT2D eigenvalue weighted by Gasteiger charge is 2.24. The molecule has 12 heteroatoms. The van der Waals surface area contributed by atoms with E-state index in [1.54, 1.807) is 0 Å². The van der Waals surface area contributed by atoms with Crippen molar-refractivity contribution in [3.8, 4) is 0 Å². The zero-order chi connectivity index (χ0) is 17.3. The van der Waals surface area contributed by atoms with Crippen LogP contribution in [0.3, 0.4) is 0 Å². The molecule has 0 aliphatic heterocycles. The van der Waals surface area contributed by atoms with E-state index in [1.165, 1.54) is 6.92 Å². The van der Waals surface area contributed by atoms with Crippen molar-refractivity contribution < 1.29 is 30.7 Å². The molecule has 0 aromatic heterocycles. The molecule has 0 radical (unpaired) electrons. The van der Waals surface area contributed by atoms with E-state index in [-0.39, 0.29) is 10.9 Å². The van der Waals surface area contributed by atoms with Gasteiger partial charge in [-0.05, 0) is 24.6 Å². The molecule has 0 heterocycles. The maximum Gasteiger partial charge on any atom is 0.296 e. The van der Waals surface area contributed by atoms with Crippen LogP contribution in [0.2, 0.25) is 0 Å². The normalized spacial score (nSPS) is 13.7. The summed E-state index contributed by atoms with van der Waals surface area (Å²) in [5.74, 6) is -0.674. The van der Waals surface area contributed by atoms with Crippen molar-refractivity contribution in [1.82, 2.24) is 0 Å². The quantitative estimate of drug-likeness (QED) is 0.429. The number of nitrogens with one attached hydrogen (secondary N) is 1. The predicted octanol–water partition coefficient (Wildman–Crippen LogP) is 1.59. The molecular formula is C10H11Br2NO7S2. The number of amides is 1. The van der Waals surface area contributed by atoms with E-state index in [1.807, 2.05) is 0 Å². The first-order valence-corrected chi connectivity index (χ1v) is 10.4. The fourth-order valence-electron chi connectivity index (χ4n) is 1.53. The van der Waals surface area contributed by atoms with Gasteiger partial charge in [0.05, 0.1) is 10.6 Å². The lowest BCUT2D eigenvalue weighted by molar-refractivity contribution is -0.115. The first kappa shape index (κ1) is 19.5. The van der Waals surface area contributed by atoms with Gasteiger partial charge in [-0.25, -0.2) is 0 Å². The molecule has 0 aliphatic rings. The number of halogens is 2. The second-order valence-corrected chi connectivity index (χ2v) is 8.71. The van der Waals surface area contributed by atoms with Crippen LogP contribution in [0, 0.1) is 6.92 Å². The molecule has 0 saturated carbocycles. The lowest BCUT2D eigenvalue weighted by Crippen LogP contribution is -2.25. The van der Waals surface area contributed by atoms with Gasteiger partial charge in [0.1, 0.15) is 9.72 Å². The molecule has 1 amide bonds. The molecule has 0 bridgehead atoms. The van der Waals surface area contributed by atoms with Gasteiger partial charge >= 0.3 is 0 Å². The molecule has 0 fully saturated rings. The number of benzene rings is 1. The Morgan fingerprint density at radius 3 is 2.09 bits per heavy atom. The first-order valence-electron chi connectivity index (χ1n) is 5.48. The Morgan fingerprint density at radius 2 is 1.68 bits per heavy atom. The first-order chi connectivity index (χ1) is 9.87. The van der Waals surface area contributed by atoms with Crippen LogP contribution in [0.1, 0.15) is 5.56 Å². The molecule has 124 valence electrons. The van der Waals surface area contributed by atoms with E-state index in [2.05, 4.69) is 37.2 Å². The molecule has 22 heavy (non-hydrogen) atoms. The minimum atomic E-state index is -4.71. The summed E-state index contributed by atoms with van der Waals surface area (Å²) < 4.78 is 63.5. The van der Waals surface area contributed by atoms with Crippen LogP contribution in [-0.4, -0.2) is 42.0 Å². The second kappa shape index (κ2) is 6.93. The van der Waals surface area contributed by atoms with Gasteiger partial charge in [-0.2, -0.15) is 16.8 Å². The lowest BCUT2D eigenvalue weighted by Gasteiger charge is -2.14. The van der Waals surface area contributed by atoms with Crippen LogP contribution >= 0.6 is 31.9 Å². The summed E-state index contributed by atoms with van der Waals surface area (Å²) in [6.07, 6.45) is 0. The van der Waals surface area contributed by atoms with Crippen molar-refractivity contribution in [2.45, 2.75) is 21.5 Å². The highest BCUT2D eigenvalue weighted by Crippen LogP contribution is 2.28. The van der Waals surface area contributed by atoms with E-state index >= 15 is 0 Å². The highest BCUT2D eigenvalue weighted by atomic mass is 79.9. The summed E-state index contributed by atoms with van der Waals surface area (Å²) in [7, 11) is -9.34. The van der Waals surface area contributed by atoms with Gasteiger partial charge in [-0.3, -0.25) is 13.9 Å². The summed E-state index contributed by atoms with van der Waals surface area (Å²) in [5, 5.41) is 2.38. The topological polar surface area (TPSA) is 138 Å². The third-order valence-corrected chi connectivity index (χ3v) is 6.66. The van der Waals surface area contributed by atoms with Crippen molar-refractivity contribution in [2.24, 2.45) is 0 Å². The van der Waals surface area contributed by atoms with Gasteiger partial charge in [-0.1, -0.05) is 31.9 Å². The maximum atomic E-state index is 11.8. The molecule has 1 unspecified atom stereocenters. The molecule has 1 aromatic rings. The highest BCUT2D eigenvalue weighted by molar-refractivity contribution is 9.12. The fourth-order valence-corrected chi connectivity index (χ4v) is 3.39. The van der Waals surface area contributed by atoms with E-state index in [4.69, 9.17) is 4.55 Å². The van der Waals surface area contributed by atoms with Crippen LogP contribution < -0.4 is 5.32 Å². The van der Waals surface area contributed by atoms with E-state index < -0.39 is 46.4 Å². The van der Waals surface area contributed by atoms with Gasteiger partial charge in [0.2, 0.25) is 5.91 Å². The average molecular weight is 481 g/mol. The molecule has 3 N–H and O–H groups in total. The number of rotatable bonds is 5. The zero-order valence-electron chi connectivity index (χ0n) is 10.9. The van der Waals surface area contributed by atoms with Crippen LogP contribution in [0.5, 0.6) is 0 Å². The Bertz CT molecular complexity index is 805. The van der Waals surface area contributed by atoms with E-state index in [0.29, 0.717) is 0 Å². The largest absolute Gasteiger partial charge is 0.324 e. The van der Waals surface area contributed by atoms with Crippen LogP contribution in [0.15, 0.2) is 21.9 Å². The number of carbonyl (C=O) groups is 1. The Kier molecular flexibility index (Phi) is 6.14. The van der Waals surface area contributed by atoms with Crippen molar-refractivity contribution in [3.63, 3.8) is 0 Å². The number of carbonyl (C=O) groups excluding carboxylic acids is 1. The molecule has 1 aromatic carbocycles. The zero-order valence-corrected chi connectivity index (χ0v) is 15.8. The summed E-state index contributed by atoms with van der Waals surface area (Å²) in [4.78, 5) is 9.80. The van der Waals surface area contributed by atoms with Crippen molar-refractivity contribution in [2.75, 3.05) is 10.6 Å². The third kappa shape index (κ3) is 4.73. The SMILES string of the molecule is Cc1cc(S(=O)(=O)O)c(NC(=O)C(Br)CBr)cc1S(=O)(=O)O. The van der Waals surface area contributed by atoms with E-state index in [0.717, 1.165) is 12.1 Å². The van der Waals surface area contributed by atoms with Crippen molar-refractivity contribution in [3.05, 3.63) is 17.7 Å². The minimum absolute atomic E-state index is 0.107. The Hall–Kier alpha value is -0.530. The number of alkyl halides is 2. The van der Waals surface area contributed by atoms with Crippen LogP contribution in [0.25, 0.3) is 0 Å². The molecule has 0 spiro atoms. The average Bonchev–Trinajstić information content (AvgIpc) is 2.36. The van der Waals surface area contributed by atoms with Gasteiger partial charge < -0.3 is 5.32 Å². The standard InChI is InChI=1S/C10H11Br2NO7S2/c1-5-2-9(22(18,19)20)7(3-8(5)21(15,16)17)13-10(14)6(12)4-11/h2-3,6H,4H2,1H3,(H,13,14)(H,15,16,17)(H,18,19,20). The lowest BCUT2D eigenvalue weighted by atomic mass is 10.2. The summed E-state index contributed by atoms with van der Waals surface area (Å²) >= 11 is 6.04. The number of aryl methyl sites for hydroxylation is 1. The second-order valence-electron chi connectivity index (χ2n) is 4.18. The Balaban J connectivity index is 3.55. The van der Waals surface area contributed by atoms with E-state index in [9.17, 15) is 26.2 Å². The molecule has 0 aliphatic carbocycles. The molecule has 1 rings (SSSR count). The minimum Gasteiger partial charge on any atom is -0.324 e. The van der Waals surface area contributed by atoms with Crippen molar-refractivity contribution in [1.29, 1.82) is 0 Å². The number of hydrogen-bond donors (Lipinski definition) is 3. The molecular weight excluding hydrogens is 470 g/mol. The third-order valence-electron chi connectivity index (χ3n) is 2.51. The molecule has 0 saturated heterocycles. The smallest absolute Gasteiger partial charge is 0.296 e. The Morgan fingerprint density at radius 1 is 1.18 bits per heavy atom. The maximum absolute atomic E-state index is 11.8. The predicted molar refractivity (Wildman–Crippen MR) is 85.9 cm³/mol. The summed E-state index contributed by atoms with van der Waals surface area (Å²) in [6.45, 7) is 1.23. The van der Waals surface area contributed by atoms with Gasteiger partial charge in [0.25, 0.3) is 20.2 Å². The van der Waals surface area contributed by atoms with Gasteiger partial charge in [0, 0.05) is 5.33 Å². The van der Waals surface area contributed by atoms with Gasteiger partial charge in [-0.15, -0.1) is 0 Å². The Labute approximate surface area is 144 Å². The number of hydrogen-bond acceptors (Lipinski definition) is 5. The molecule has 8 nitrogen and oxygen atoms in total. The summed E-state index contributed by atoms with van der Waals surface area (Å²) in [6, 6.07) is 1.60. The number of anilines is 1. The monoisotopic (exact) mass is 479 g/mol. The summed E-state index contributed by atoms with van der Waals surface area (Å²) in [5.41, 5.74) is -0.569. The fraction of sp³-hybridized carbons (Fsp3) is 0.300. The van der Waals surface area contributed by atoms with Crippen LogP contribution in [0.4, 0.5) is 5.69 Å². The van der Waals surface area contributed by atoms with Crippen LogP contribution in [-0.2, 0) is 25.0 Å². The van der Waals surface area contributed by atoms with Crippen molar-refractivity contribution >= 4 is 63.7 Å².